The highest BCUT2D eigenvalue weighted by molar-refractivity contribution is 9.10. The first-order valence-electron chi connectivity index (χ1n) is 5.65. The summed E-state index contributed by atoms with van der Waals surface area (Å²) < 4.78 is 3.02. The minimum absolute atomic E-state index is 0.498. The molecule has 84 valence electrons. The maximum atomic E-state index is 4.25. The van der Waals surface area contributed by atoms with Crippen LogP contribution in [0, 0.1) is 5.92 Å². The Morgan fingerprint density at radius 1 is 1.67 bits per heavy atom. The minimum atomic E-state index is 0.498. The van der Waals surface area contributed by atoms with E-state index < -0.39 is 0 Å². The van der Waals surface area contributed by atoms with E-state index in [2.05, 4.69) is 33.3 Å². The van der Waals surface area contributed by atoms with E-state index in [1.807, 2.05) is 17.1 Å². The first kappa shape index (κ1) is 11.1. The van der Waals surface area contributed by atoms with E-state index in [-0.39, 0.29) is 0 Å². The Balaban J connectivity index is 1.69. The van der Waals surface area contributed by atoms with Crippen molar-refractivity contribution >= 4 is 15.9 Å². The van der Waals surface area contributed by atoms with E-state index in [1.54, 1.807) is 0 Å². The summed E-state index contributed by atoms with van der Waals surface area (Å²) >= 11 is 3.40. The number of hydrogen-bond donors (Lipinski definition) is 1. The molecule has 0 aliphatic heterocycles. The van der Waals surface area contributed by atoms with Crippen LogP contribution in [0.4, 0.5) is 0 Å². The Kier molecular flexibility index (Phi) is 3.81. The van der Waals surface area contributed by atoms with Gasteiger partial charge < -0.3 is 5.32 Å². The van der Waals surface area contributed by atoms with E-state index in [0.29, 0.717) is 6.04 Å². The van der Waals surface area contributed by atoms with Crippen molar-refractivity contribution in [2.24, 2.45) is 5.92 Å². The molecule has 1 atom stereocenters. The summed E-state index contributed by atoms with van der Waals surface area (Å²) in [6, 6.07) is 0.498. The summed E-state index contributed by atoms with van der Waals surface area (Å²) in [6.45, 7) is 4.33. The summed E-state index contributed by atoms with van der Waals surface area (Å²) in [5.41, 5.74) is 0. The topological polar surface area (TPSA) is 29.9 Å². The Morgan fingerprint density at radius 3 is 3.00 bits per heavy atom. The second kappa shape index (κ2) is 5.12. The van der Waals surface area contributed by atoms with Crippen LogP contribution in [-0.2, 0) is 6.54 Å². The highest BCUT2D eigenvalue weighted by atomic mass is 79.9. The largest absolute Gasteiger partial charge is 0.312 e. The Morgan fingerprint density at radius 2 is 2.47 bits per heavy atom. The number of nitrogens with zero attached hydrogens (tertiary/aromatic N) is 2. The van der Waals surface area contributed by atoms with Crippen molar-refractivity contribution in [2.45, 2.75) is 38.8 Å². The molecule has 1 aromatic rings. The Bertz CT molecular complexity index is 307. The summed E-state index contributed by atoms with van der Waals surface area (Å²) in [5.74, 6) is 0.928. The van der Waals surface area contributed by atoms with Crippen LogP contribution in [0.25, 0.3) is 0 Å². The fourth-order valence-electron chi connectivity index (χ4n) is 1.85. The monoisotopic (exact) mass is 271 g/mol. The molecule has 4 heteroatoms. The van der Waals surface area contributed by atoms with Gasteiger partial charge in [-0.2, -0.15) is 5.10 Å². The molecule has 3 nitrogen and oxygen atoms in total. The van der Waals surface area contributed by atoms with Crippen molar-refractivity contribution in [1.29, 1.82) is 0 Å². The fraction of sp³-hybridized carbons (Fsp3) is 0.727. The molecule has 0 aromatic carbocycles. The first-order chi connectivity index (χ1) is 7.24. The molecule has 0 saturated heterocycles. The van der Waals surface area contributed by atoms with Gasteiger partial charge in [0.25, 0.3) is 0 Å². The van der Waals surface area contributed by atoms with Crippen LogP contribution in [0.15, 0.2) is 16.9 Å². The van der Waals surface area contributed by atoms with Crippen molar-refractivity contribution in [2.75, 3.05) is 6.54 Å². The van der Waals surface area contributed by atoms with Crippen LogP contribution in [0.3, 0.4) is 0 Å². The third kappa shape index (κ3) is 3.31. The molecule has 1 fully saturated rings. The summed E-state index contributed by atoms with van der Waals surface area (Å²) in [4.78, 5) is 0. The van der Waals surface area contributed by atoms with Crippen molar-refractivity contribution in [1.82, 2.24) is 15.1 Å². The summed E-state index contributed by atoms with van der Waals surface area (Å²) in [6.07, 6.45) is 8.09. The molecular weight excluding hydrogens is 254 g/mol. The lowest BCUT2D eigenvalue weighted by molar-refractivity contribution is 0.284. The third-order valence-corrected chi connectivity index (χ3v) is 3.45. The van der Waals surface area contributed by atoms with Crippen LogP contribution in [-0.4, -0.2) is 22.4 Å². The first-order valence-corrected chi connectivity index (χ1v) is 6.44. The lowest BCUT2D eigenvalue weighted by atomic mass is 9.85. The molecule has 0 amide bonds. The van der Waals surface area contributed by atoms with Gasteiger partial charge in [0.2, 0.25) is 0 Å². The van der Waals surface area contributed by atoms with Gasteiger partial charge in [-0.15, -0.1) is 0 Å². The number of aromatic nitrogens is 2. The van der Waals surface area contributed by atoms with Gasteiger partial charge in [0, 0.05) is 12.2 Å². The zero-order chi connectivity index (χ0) is 10.7. The highest BCUT2D eigenvalue weighted by Gasteiger charge is 2.17. The van der Waals surface area contributed by atoms with Crippen LogP contribution >= 0.6 is 15.9 Å². The highest BCUT2D eigenvalue weighted by Crippen LogP contribution is 2.25. The second-order valence-corrected chi connectivity index (χ2v) is 5.40. The molecule has 1 aliphatic carbocycles. The molecule has 0 bridgehead atoms. The SMILES string of the molecule is CC(Cn1cc(Br)cn1)NCC1CCC1. The van der Waals surface area contributed by atoms with Crippen LogP contribution < -0.4 is 5.32 Å². The molecular formula is C11H18BrN3. The quantitative estimate of drug-likeness (QED) is 0.892. The lowest BCUT2D eigenvalue weighted by Crippen LogP contribution is -2.36. The van der Waals surface area contributed by atoms with Gasteiger partial charge in [-0.3, -0.25) is 4.68 Å². The Hall–Kier alpha value is -0.350. The molecule has 0 radical (unpaired) electrons. The van der Waals surface area contributed by atoms with Crippen molar-refractivity contribution in [3.8, 4) is 0 Å². The van der Waals surface area contributed by atoms with Gasteiger partial charge in [-0.25, -0.2) is 0 Å². The molecule has 15 heavy (non-hydrogen) atoms. The number of hydrogen-bond acceptors (Lipinski definition) is 2. The molecule has 0 spiro atoms. The maximum absolute atomic E-state index is 4.25. The third-order valence-electron chi connectivity index (χ3n) is 3.04. The molecule has 1 aromatic heterocycles. The van der Waals surface area contributed by atoms with Gasteiger partial charge in [0.05, 0.1) is 17.2 Å². The Labute approximate surface area is 99.4 Å². The van der Waals surface area contributed by atoms with Crippen LogP contribution in [0.5, 0.6) is 0 Å². The number of rotatable bonds is 5. The van der Waals surface area contributed by atoms with Gasteiger partial charge in [0.15, 0.2) is 0 Å². The summed E-state index contributed by atoms with van der Waals surface area (Å²) in [5, 5.41) is 7.81. The minimum Gasteiger partial charge on any atom is -0.312 e. The van der Waals surface area contributed by atoms with Crippen molar-refractivity contribution in [3.63, 3.8) is 0 Å². The van der Waals surface area contributed by atoms with E-state index in [1.165, 1.54) is 25.8 Å². The van der Waals surface area contributed by atoms with E-state index >= 15 is 0 Å². The van der Waals surface area contributed by atoms with E-state index in [4.69, 9.17) is 0 Å². The van der Waals surface area contributed by atoms with Crippen molar-refractivity contribution < 1.29 is 0 Å². The van der Waals surface area contributed by atoms with Crippen molar-refractivity contribution in [3.05, 3.63) is 16.9 Å². The van der Waals surface area contributed by atoms with Crippen LogP contribution in [0.1, 0.15) is 26.2 Å². The second-order valence-electron chi connectivity index (χ2n) is 4.49. The zero-order valence-corrected chi connectivity index (χ0v) is 10.7. The average Bonchev–Trinajstić information content (AvgIpc) is 2.48. The number of halogens is 1. The normalized spacial score (nSPS) is 18.8. The van der Waals surface area contributed by atoms with Gasteiger partial charge >= 0.3 is 0 Å². The van der Waals surface area contributed by atoms with E-state index in [0.717, 1.165) is 16.9 Å². The smallest absolute Gasteiger partial charge is 0.0632 e. The van der Waals surface area contributed by atoms with Gasteiger partial charge in [-0.05, 0) is 48.2 Å². The molecule has 1 heterocycles. The maximum Gasteiger partial charge on any atom is 0.0632 e. The molecule has 1 unspecified atom stereocenters. The van der Waals surface area contributed by atoms with E-state index in [9.17, 15) is 0 Å². The molecule has 1 saturated carbocycles. The molecule has 1 aliphatic rings. The lowest BCUT2D eigenvalue weighted by Gasteiger charge is -2.27. The van der Waals surface area contributed by atoms with Gasteiger partial charge in [0.1, 0.15) is 0 Å². The predicted octanol–water partition coefficient (Wildman–Crippen LogP) is 2.42. The average molecular weight is 272 g/mol. The van der Waals surface area contributed by atoms with Gasteiger partial charge in [-0.1, -0.05) is 6.42 Å². The summed E-state index contributed by atoms with van der Waals surface area (Å²) in [7, 11) is 0. The molecule has 2 rings (SSSR count). The predicted molar refractivity (Wildman–Crippen MR) is 64.7 cm³/mol. The van der Waals surface area contributed by atoms with Crippen LogP contribution in [0.2, 0.25) is 0 Å². The zero-order valence-electron chi connectivity index (χ0n) is 9.12. The number of nitrogens with one attached hydrogen (secondary N) is 1. The standard InChI is InChI=1S/C11H18BrN3/c1-9(13-5-10-3-2-4-10)7-15-8-11(12)6-14-15/h6,8-10,13H,2-5,7H2,1H3. The fourth-order valence-corrected chi connectivity index (χ4v) is 2.18. The molecule has 1 N–H and O–H groups in total.